The van der Waals surface area contributed by atoms with E-state index in [9.17, 15) is 17.6 Å². The fourth-order valence-corrected chi connectivity index (χ4v) is 7.16. The first-order valence-corrected chi connectivity index (χ1v) is 13.5. The maximum atomic E-state index is 14.6. The highest BCUT2D eigenvalue weighted by molar-refractivity contribution is 6.30. The Labute approximate surface area is 223 Å². The molecule has 2 aromatic carbocycles. The normalized spacial score (nSPS) is 24.7. The van der Waals surface area contributed by atoms with Gasteiger partial charge in [0, 0.05) is 42.0 Å². The van der Waals surface area contributed by atoms with Gasteiger partial charge in [-0.1, -0.05) is 23.7 Å². The number of halogens is 5. The molecule has 2 aliphatic carbocycles. The summed E-state index contributed by atoms with van der Waals surface area (Å²) >= 11 is 6.34. The Bertz CT molecular complexity index is 1400. The summed E-state index contributed by atoms with van der Waals surface area (Å²) in [5.41, 5.74) is 3.42. The predicted molar refractivity (Wildman–Crippen MR) is 136 cm³/mol. The third-order valence-electron chi connectivity index (χ3n) is 9.14. The van der Waals surface area contributed by atoms with Gasteiger partial charge in [0.05, 0.1) is 23.8 Å². The third-order valence-corrected chi connectivity index (χ3v) is 9.37. The van der Waals surface area contributed by atoms with Gasteiger partial charge in [-0.25, -0.2) is 4.39 Å². The Morgan fingerprint density at radius 2 is 1.76 bits per heavy atom. The number of rotatable bonds is 3. The number of aromatic nitrogens is 3. The molecule has 2 aliphatic heterocycles. The summed E-state index contributed by atoms with van der Waals surface area (Å²) < 4.78 is 56.2. The lowest BCUT2D eigenvalue weighted by atomic mass is 9.57. The van der Waals surface area contributed by atoms with E-state index in [0.717, 1.165) is 48.8 Å². The zero-order chi connectivity index (χ0) is 26.4. The molecule has 0 bridgehead atoms. The van der Waals surface area contributed by atoms with Crippen LogP contribution < -0.4 is 4.90 Å². The molecule has 1 saturated heterocycles. The van der Waals surface area contributed by atoms with Crippen molar-refractivity contribution in [3.05, 3.63) is 70.0 Å². The summed E-state index contributed by atoms with van der Waals surface area (Å²) in [6.45, 7) is 4.42. The zero-order valence-electron chi connectivity index (χ0n) is 21.0. The molecule has 0 radical (unpaired) electrons. The summed E-state index contributed by atoms with van der Waals surface area (Å²) in [6.07, 6.45) is -2.00. The SMILES string of the molecule is Cc1cccc(N2CC3(CC(c4nnc5n4-c4ccc(Cl)cc4CN(C4CC(C(F)(F)F)C4)C5)C3)C2)c1F. The highest BCUT2D eigenvalue weighted by atomic mass is 35.5. The molecule has 0 amide bonds. The molecule has 3 fully saturated rings. The minimum absolute atomic E-state index is 0.115. The number of fused-ring (bicyclic) bond motifs is 3. The largest absolute Gasteiger partial charge is 0.391 e. The molecule has 38 heavy (non-hydrogen) atoms. The number of alkyl halides is 3. The highest BCUT2D eigenvalue weighted by Gasteiger charge is 2.55. The maximum Gasteiger partial charge on any atom is 0.391 e. The van der Waals surface area contributed by atoms with Crippen molar-refractivity contribution in [3.63, 3.8) is 0 Å². The van der Waals surface area contributed by atoms with Crippen LogP contribution in [0.25, 0.3) is 5.69 Å². The smallest absolute Gasteiger partial charge is 0.368 e. The molecule has 3 heterocycles. The first kappa shape index (κ1) is 24.4. The van der Waals surface area contributed by atoms with Crippen LogP contribution >= 0.6 is 11.6 Å². The van der Waals surface area contributed by atoms with Crippen molar-refractivity contribution < 1.29 is 17.6 Å². The molecular weight excluding hydrogens is 518 g/mol. The van der Waals surface area contributed by atoms with Crippen LogP contribution in [0, 0.1) is 24.1 Å². The third kappa shape index (κ3) is 3.84. The topological polar surface area (TPSA) is 37.2 Å². The lowest BCUT2D eigenvalue weighted by molar-refractivity contribution is -0.207. The molecule has 3 aromatic rings. The van der Waals surface area contributed by atoms with Crippen LogP contribution in [0.3, 0.4) is 0 Å². The van der Waals surface area contributed by atoms with Crippen molar-refractivity contribution in [1.82, 2.24) is 19.7 Å². The zero-order valence-corrected chi connectivity index (χ0v) is 21.7. The van der Waals surface area contributed by atoms with Crippen LogP contribution in [0.5, 0.6) is 0 Å². The number of aryl methyl sites for hydroxylation is 1. The Morgan fingerprint density at radius 3 is 2.50 bits per heavy atom. The van der Waals surface area contributed by atoms with E-state index >= 15 is 0 Å². The van der Waals surface area contributed by atoms with Gasteiger partial charge in [-0.15, -0.1) is 10.2 Å². The lowest BCUT2D eigenvalue weighted by Crippen LogP contribution is -2.62. The van der Waals surface area contributed by atoms with Crippen molar-refractivity contribution in [2.24, 2.45) is 11.3 Å². The number of hydrogen-bond donors (Lipinski definition) is 0. The van der Waals surface area contributed by atoms with Gasteiger partial charge in [0.25, 0.3) is 0 Å². The van der Waals surface area contributed by atoms with Gasteiger partial charge in [0.1, 0.15) is 11.6 Å². The highest BCUT2D eigenvalue weighted by Crippen LogP contribution is 2.57. The molecule has 200 valence electrons. The summed E-state index contributed by atoms with van der Waals surface area (Å²) in [5.74, 6) is 0.514. The van der Waals surface area contributed by atoms with E-state index in [-0.39, 0.29) is 36.0 Å². The van der Waals surface area contributed by atoms with Crippen molar-refractivity contribution in [2.75, 3.05) is 18.0 Å². The molecule has 0 atom stereocenters. The second-order valence-corrected chi connectivity index (χ2v) is 12.2. The van der Waals surface area contributed by atoms with Gasteiger partial charge in [-0.3, -0.25) is 9.47 Å². The summed E-state index contributed by atoms with van der Waals surface area (Å²) in [7, 11) is 0. The fraction of sp³-hybridized carbons (Fsp3) is 0.500. The molecule has 1 aromatic heterocycles. The first-order chi connectivity index (χ1) is 18.1. The van der Waals surface area contributed by atoms with Gasteiger partial charge < -0.3 is 4.90 Å². The predicted octanol–water partition coefficient (Wildman–Crippen LogP) is 6.41. The second-order valence-electron chi connectivity index (χ2n) is 11.7. The number of anilines is 1. The molecule has 1 spiro atoms. The number of hydrogen-bond acceptors (Lipinski definition) is 4. The molecule has 5 nitrogen and oxygen atoms in total. The summed E-state index contributed by atoms with van der Waals surface area (Å²) in [4.78, 5) is 4.21. The van der Waals surface area contributed by atoms with E-state index < -0.39 is 12.1 Å². The summed E-state index contributed by atoms with van der Waals surface area (Å²) in [5, 5.41) is 9.73. The van der Waals surface area contributed by atoms with Crippen LogP contribution in [-0.2, 0) is 13.1 Å². The molecule has 0 N–H and O–H groups in total. The minimum Gasteiger partial charge on any atom is -0.368 e. The molecule has 0 unspecified atom stereocenters. The number of benzene rings is 2. The van der Waals surface area contributed by atoms with Crippen LogP contribution in [0.15, 0.2) is 36.4 Å². The maximum absolute atomic E-state index is 14.6. The van der Waals surface area contributed by atoms with Gasteiger partial charge >= 0.3 is 6.18 Å². The van der Waals surface area contributed by atoms with Crippen molar-refractivity contribution in [1.29, 1.82) is 0 Å². The van der Waals surface area contributed by atoms with Crippen LogP contribution in [0.4, 0.5) is 23.2 Å². The quantitative estimate of drug-likeness (QED) is 0.357. The van der Waals surface area contributed by atoms with Gasteiger partial charge in [-0.2, -0.15) is 13.2 Å². The van der Waals surface area contributed by atoms with Gasteiger partial charge in [0.15, 0.2) is 5.82 Å². The van der Waals surface area contributed by atoms with E-state index in [2.05, 4.69) is 24.6 Å². The fourth-order valence-electron chi connectivity index (χ4n) is 6.96. The minimum atomic E-state index is -4.14. The van der Waals surface area contributed by atoms with Crippen LogP contribution in [0.2, 0.25) is 5.02 Å². The Kier molecular flexibility index (Phi) is 5.41. The summed E-state index contributed by atoms with van der Waals surface area (Å²) in [6, 6.07) is 11.1. The van der Waals surface area contributed by atoms with Crippen molar-refractivity contribution in [3.8, 4) is 5.69 Å². The van der Waals surface area contributed by atoms with E-state index in [1.54, 1.807) is 13.0 Å². The standard InChI is InChI=1S/C28H28ClF4N5/c1-16-3-2-4-23(25(16)30)37-14-27(15-37)10-18(11-27)26-35-34-24-13-36(21-8-19(9-21)28(31,32)33)12-17-7-20(29)5-6-22(17)38(24)26/h2-7,18-19,21H,8-15H2,1H3. The molecular formula is C28H28ClF4N5. The van der Waals surface area contributed by atoms with E-state index in [1.807, 2.05) is 30.3 Å². The molecule has 10 heteroatoms. The van der Waals surface area contributed by atoms with E-state index in [1.165, 1.54) is 0 Å². The van der Waals surface area contributed by atoms with Crippen molar-refractivity contribution >= 4 is 17.3 Å². The van der Waals surface area contributed by atoms with E-state index in [4.69, 9.17) is 11.6 Å². The molecule has 7 rings (SSSR count). The van der Waals surface area contributed by atoms with Crippen LogP contribution in [-0.4, -0.2) is 45.0 Å². The average molecular weight is 546 g/mol. The van der Waals surface area contributed by atoms with Crippen LogP contribution in [0.1, 0.15) is 54.4 Å². The van der Waals surface area contributed by atoms with E-state index in [0.29, 0.717) is 29.4 Å². The Hall–Kier alpha value is -2.65. The van der Waals surface area contributed by atoms with Gasteiger partial charge in [-0.05, 0) is 68.0 Å². The monoisotopic (exact) mass is 545 g/mol. The Balaban J connectivity index is 1.11. The average Bonchev–Trinajstić information content (AvgIpc) is 3.08. The molecule has 4 aliphatic rings. The first-order valence-electron chi connectivity index (χ1n) is 13.1. The molecule has 2 saturated carbocycles. The second kappa shape index (κ2) is 8.42. The van der Waals surface area contributed by atoms with Gasteiger partial charge in [0.2, 0.25) is 0 Å². The Morgan fingerprint density at radius 1 is 1.00 bits per heavy atom. The van der Waals surface area contributed by atoms with Crippen molar-refractivity contribution in [2.45, 2.75) is 63.8 Å². The lowest BCUT2D eigenvalue weighted by Gasteiger charge is -2.59. The number of nitrogens with zero attached hydrogens (tertiary/aromatic N) is 5.